The first-order valence-electron chi connectivity index (χ1n) is 7.55. The zero-order chi connectivity index (χ0) is 17.2. The zero-order valence-electron chi connectivity index (χ0n) is 13.5. The molecule has 1 aromatic rings. The second-order valence-corrected chi connectivity index (χ2v) is 7.00. The Labute approximate surface area is 139 Å². The first-order valence-corrected chi connectivity index (χ1v) is 7.93. The van der Waals surface area contributed by atoms with Crippen LogP contribution in [0.5, 0.6) is 0 Å². The maximum atomic E-state index is 13.8. The minimum Gasteiger partial charge on any atom is -0.444 e. The normalized spacial score (nSPS) is 18.2. The van der Waals surface area contributed by atoms with Crippen LogP contribution in [0.25, 0.3) is 0 Å². The highest BCUT2D eigenvalue weighted by Crippen LogP contribution is 2.28. The van der Waals surface area contributed by atoms with E-state index in [1.165, 1.54) is 0 Å². The Bertz CT molecular complexity index is 567. The van der Waals surface area contributed by atoms with E-state index in [0.29, 0.717) is 13.1 Å². The number of nitrogens with zero attached hydrogens (tertiary/aromatic N) is 1. The molecule has 0 spiro atoms. The van der Waals surface area contributed by atoms with Gasteiger partial charge in [-0.1, -0.05) is 11.6 Å². The van der Waals surface area contributed by atoms with Crippen LogP contribution in [0.4, 0.5) is 19.3 Å². The van der Waals surface area contributed by atoms with Gasteiger partial charge in [0, 0.05) is 19.2 Å². The quantitative estimate of drug-likeness (QED) is 0.880. The lowest BCUT2D eigenvalue weighted by Crippen LogP contribution is -2.42. The van der Waals surface area contributed by atoms with Gasteiger partial charge in [0.05, 0.1) is 16.8 Å². The monoisotopic (exact) mass is 346 g/mol. The smallest absolute Gasteiger partial charge is 0.410 e. The van der Waals surface area contributed by atoms with Gasteiger partial charge in [0.25, 0.3) is 0 Å². The Balaban J connectivity index is 2.01. The van der Waals surface area contributed by atoms with Crippen molar-refractivity contribution >= 4 is 23.4 Å². The molecule has 4 nitrogen and oxygen atoms in total. The number of amides is 1. The summed E-state index contributed by atoms with van der Waals surface area (Å²) in [7, 11) is 0. The molecule has 0 radical (unpaired) electrons. The molecule has 1 amide bonds. The van der Waals surface area contributed by atoms with Crippen LogP contribution < -0.4 is 5.32 Å². The van der Waals surface area contributed by atoms with Crippen LogP contribution in [-0.4, -0.2) is 35.7 Å². The average molecular weight is 347 g/mol. The average Bonchev–Trinajstić information content (AvgIpc) is 2.83. The van der Waals surface area contributed by atoms with E-state index >= 15 is 0 Å². The molecule has 0 bridgehead atoms. The van der Waals surface area contributed by atoms with Crippen molar-refractivity contribution in [2.45, 2.75) is 45.3 Å². The SMILES string of the molecule is CC(C)(C)OC(=O)N1CCCC1CNc1c(F)cc(F)cc1Cl. The Morgan fingerprint density at radius 1 is 1.43 bits per heavy atom. The van der Waals surface area contributed by atoms with E-state index in [0.717, 1.165) is 25.0 Å². The molecule has 0 saturated carbocycles. The summed E-state index contributed by atoms with van der Waals surface area (Å²) in [6, 6.07) is 1.70. The Morgan fingerprint density at radius 2 is 2.13 bits per heavy atom. The second kappa shape index (κ2) is 6.91. The number of ether oxygens (including phenoxy) is 1. The highest BCUT2D eigenvalue weighted by atomic mass is 35.5. The maximum absolute atomic E-state index is 13.8. The number of halogens is 3. The standard InChI is InChI=1S/C16H21ClF2N2O2/c1-16(2,3)23-15(22)21-6-4-5-11(21)9-20-14-12(17)7-10(18)8-13(14)19/h7-8,11,20H,4-6,9H2,1-3H3. The summed E-state index contributed by atoms with van der Waals surface area (Å²) in [6.45, 7) is 6.34. The number of hydrogen-bond donors (Lipinski definition) is 1. The molecule has 0 aliphatic carbocycles. The van der Waals surface area contributed by atoms with E-state index in [9.17, 15) is 13.6 Å². The van der Waals surface area contributed by atoms with Crippen molar-refractivity contribution in [1.29, 1.82) is 0 Å². The molecule has 1 fully saturated rings. The minimum atomic E-state index is -0.753. The zero-order valence-corrected chi connectivity index (χ0v) is 14.2. The summed E-state index contributed by atoms with van der Waals surface area (Å²) < 4.78 is 32.2. The van der Waals surface area contributed by atoms with Crippen molar-refractivity contribution in [2.75, 3.05) is 18.4 Å². The predicted molar refractivity (Wildman–Crippen MR) is 85.8 cm³/mol. The van der Waals surface area contributed by atoms with Crippen molar-refractivity contribution < 1.29 is 18.3 Å². The lowest BCUT2D eigenvalue weighted by Gasteiger charge is -2.29. The second-order valence-electron chi connectivity index (χ2n) is 6.60. The molecular weight excluding hydrogens is 326 g/mol. The summed E-state index contributed by atoms with van der Waals surface area (Å²) in [5, 5.41) is 2.85. The number of hydrogen-bond acceptors (Lipinski definition) is 3. The Hall–Kier alpha value is -1.56. The number of carbonyl (C=O) groups is 1. The van der Waals surface area contributed by atoms with Crippen LogP contribution in [0.2, 0.25) is 5.02 Å². The fourth-order valence-corrected chi connectivity index (χ4v) is 2.80. The lowest BCUT2D eigenvalue weighted by molar-refractivity contribution is 0.0235. The van der Waals surface area contributed by atoms with Crippen LogP contribution in [0.1, 0.15) is 33.6 Å². The van der Waals surface area contributed by atoms with Gasteiger partial charge in [0.15, 0.2) is 5.82 Å². The predicted octanol–water partition coefficient (Wildman–Crippen LogP) is 4.43. The molecule has 1 aromatic carbocycles. The van der Waals surface area contributed by atoms with E-state index in [1.54, 1.807) is 4.90 Å². The molecule has 1 saturated heterocycles. The van der Waals surface area contributed by atoms with Gasteiger partial charge >= 0.3 is 6.09 Å². The third-order valence-corrected chi connectivity index (χ3v) is 3.82. The van der Waals surface area contributed by atoms with E-state index in [-0.39, 0.29) is 22.8 Å². The van der Waals surface area contributed by atoms with E-state index in [2.05, 4.69) is 5.32 Å². The van der Waals surface area contributed by atoms with Gasteiger partial charge in [-0.05, 0) is 39.7 Å². The first kappa shape index (κ1) is 17.8. The van der Waals surface area contributed by atoms with Crippen LogP contribution in [0, 0.1) is 11.6 Å². The number of nitrogens with one attached hydrogen (secondary N) is 1. The van der Waals surface area contributed by atoms with Gasteiger partial charge in [-0.15, -0.1) is 0 Å². The molecule has 7 heteroatoms. The number of anilines is 1. The first-order chi connectivity index (χ1) is 10.7. The van der Waals surface area contributed by atoms with Crippen LogP contribution in [0.3, 0.4) is 0 Å². The largest absolute Gasteiger partial charge is 0.444 e. The van der Waals surface area contributed by atoms with Gasteiger partial charge in [0.1, 0.15) is 11.4 Å². The van der Waals surface area contributed by atoms with Gasteiger partial charge in [-0.25, -0.2) is 13.6 Å². The van der Waals surface area contributed by atoms with E-state index < -0.39 is 17.2 Å². The molecule has 1 unspecified atom stereocenters. The molecule has 1 aliphatic rings. The molecule has 1 atom stereocenters. The third kappa shape index (κ3) is 4.70. The molecular formula is C16H21ClF2N2O2. The highest BCUT2D eigenvalue weighted by Gasteiger charge is 2.32. The van der Waals surface area contributed by atoms with Gasteiger partial charge in [-0.3, -0.25) is 0 Å². The van der Waals surface area contributed by atoms with Gasteiger partial charge < -0.3 is 15.0 Å². The minimum absolute atomic E-state index is 0.0238. The fraction of sp³-hybridized carbons (Fsp3) is 0.562. The highest BCUT2D eigenvalue weighted by molar-refractivity contribution is 6.33. The lowest BCUT2D eigenvalue weighted by atomic mass is 10.2. The summed E-state index contributed by atoms with van der Waals surface area (Å²) in [5.74, 6) is -1.48. The summed E-state index contributed by atoms with van der Waals surface area (Å²) in [6.07, 6.45) is 1.25. The fourth-order valence-electron chi connectivity index (χ4n) is 2.54. The van der Waals surface area contributed by atoms with Crippen molar-refractivity contribution in [3.05, 3.63) is 28.8 Å². The molecule has 23 heavy (non-hydrogen) atoms. The third-order valence-electron chi connectivity index (χ3n) is 3.53. The number of carbonyl (C=O) groups excluding carboxylic acids is 1. The van der Waals surface area contributed by atoms with E-state index in [1.807, 2.05) is 20.8 Å². The number of likely N-dealkylation sites (tertiary alicyclic amines) is 1. The molecule has 1 heterocycles. The van der Waals surface area contributed by atoms with Crippen molar-refractivity contribution in [2.24, 2.45) is 0 Å². The molecule has 0 aromatic heterocycles. The van der Waals surface area contributed by atoms with Crippen LogP contribution in [0.15, 0.2) is 12.1 Å². The summed E-state index contributed by atoms with van der Waals surface area (Å²) >= 11 is 5.86. The van der Waals surface area contributed by atoms with Gasteiger partial charge in [0.2, 0.25) is 0 Å². The molecule has 2 rings (SSSR count). The number of benzene rings is 1. The Morgan fingerprint density at radius 3 is 2.74 bits per heavy atom. The molecule has 1 aliphatic heterocycles. The van der Waals surface area contributed by atoms with Crippen LogP contribution in [-0.2, 0) is 4.74 Å². The van der Waals surface area contributed by atoms with Crippen molar-refractivity contribution in [3.8, 4) is 0 Å². The summed E-state index contributed by atoms with van der Waals surface area (Å²) in [5.41, 5.74) is -0.520. The summed E-state index contributed by atoms with van der Waals surface area (Å²) in [4.78, 5) is 13.8. The maximum Gasteiger partial charge on any atom is 0.410 e. The van der Waals surface area contributed by atoms with Crippen molar-refractivity contribution in [3.63, 3.8) is 0 Å². The molecule has 128 valence electrons. The van der Waals surface area contributed by atoms with Crippen molar-refractivity contribution in [1.82, 2.24) is 4.90 Å². The number of rotatable bonds is 3. The molecule has 1 N–H and O–H groups in total. The Kier molecular flexibility index (Phi) is 5.34. The van der Waals surface area contributed by atoms with Crippen LogP contribution >= 0.6 is 11.6 Å². The van der Waals surface area contributed by atoms with Gasteiger partial charge in [-0.2, -0.15) is 0 Å². The van der Waals surface area contributed by atoms with E-state index in [4.69, 9.17) is 16.3 Å². The topological polar surface area (TPSA) is 41.6 Å².